The summed E-state index contributed by atoms with van der Waals surface area (Å²) in [7, 11) is 1.69. The summed E-state index contributed by atoms with van der Waals surface area (Å²) >= 11 is 0. The minimum Gasteiger partial charge on any atom is -0.316 e. The van der Waals surface area contributed by atoms with E-state index in [9.17, 15) is 0 Å². The molecule has 0 amide bonds. The molecule has 0 saturated carbocycles. The molecule has 1 heterocycles. The zero-order chi connectivity index (χ0) is 7.56. The van der Waals surface area contributed by atoms with Gasteiger partial charge in [0.2, 0.25) is 6.21 Å². The van der Waals surface area contributed by atoms with Crippen molar-refractivity contribution in [3.8, 4) is 0 Å². The van der Waals surface area contributed by atoms with E-state index in [1.807, 2.05) is 30.0 Å². The molecule has 0 N–H and O–H groups in total. The largest absolute Gasteiger partial charge is 0.341 e. The van der Waals surface area contributed by atoms with E-state index < -0.39 is 0 Å². The van der Waals surface area contributed by atoms with E-state index in [0.717, 1.165) is 5.57 Å². The van der Waals surface area contributed by atoms with Crippen molar-refractivity contribution in [2.45, 2.75) is 13.2 Å². The van der Waals surface area contributed by atoms with Crippen LogP contribution in [0.25, 0.3) is 0 Å². The van der Waals surface area contributed by atoms with E-state index in [4.69, 9.17) is 4.74 Å². The van der Waals surface area contributed by atoms with E-state index in [1.165, 1.54) is 0 Å². The average molecular weight is 138 g/mol. The lowest BCUT2D eigenvalue weighted by atomic mass is 10.3. The van der Waals surface area contributed by atoms with Crippen molar-refractivity contribution < 1.29 is 9.31 Å². The van der Waals surface area contributed by atoms with Crippen LogP contribution in [0, 0.1) is 0 Å². The molecule has 0 aromatic rings. The molecule has 1 aliphatic heterocycles. The van der Waals surface area contributed by atoms with E-state index >= 15 is 0 Å². The van der Waals surface area contributed by atoms with Gasteiger partial charge in [0.25, 0.3) is 0 Å². The second kappa shape index (κ2) is 2.80. The number of hydrogen-bond acceptors (Lipinski definition) is 1. The topological polar surface area (TPSA) is 12.2 Å². The summed E-state index contributed by atoms with van der Waals surface area (Å²) in [6, 6.07) is 0. The van der Waals surface area contributed by atoms with Gasteiger partial charge in [-0.3, -0.25) is 0 Å². The molecule has 54 valence electrons. The fourth-order valence-electron chi connectivity index (χ4n) is 0.639. The number of nitrogens with zero attached hydrogens (tertiary/aromatic N) is 1. The standard InChI is InChI=1S/C8H12NO/c1-7(2)4-5-9-6-8(9)10-3/h4-6,8H,1H2,2-3H3/q+1. The zero-order valence-electron chi connectivity index (χ0n) is 6.37. The van der Waals surface area contributed by atoms with Crippen molar-refractivity contribution in [3.63, 3.8) is 0 Å². The number of allylic oxidation sites excluding steroid dienone is 2. The Balaban J connectivity index is 2.29. The molecule has 0 aromatic heterocycles. The molecule has 0 saturated heterocycles. The summed E-state index contributed by atoms with van der Waals surface area (Å²) in [5.41, 5.74) is 1.05. The first-order valence-corrected chi connectivity index (χ1v) is 3.23. The van der Waals surface area contributed by atoms with Gasteiger partial charge in [0.15, 0.2) is 6.20 Å². The van der Waals surface area contributed by atoms with Crippen molar-refractivity contribution in [2.24, 2.45) is 0 Å². The van der Waals surface area contributed by atoms with Crippen molar-refractivity contribution >= 4 is 6.21 Å². The van der Waals surface area contributed by atoms with Crippen molar-refractivity contribution in [3.05, 3.63) is 24.4 Å². The molecule has 10 heavy (non-hydrogen) atoms. The van der Waals surface area contributed by atoms with Gasteiger partial charge in [-0.05, 0) is 6.92 Å². The average Bonchev–Trinajstić information content (AvgIpc) is 2.61. The number of rotatable bonds is 3. The van der Waals surface area contributed by atoms with Crippen LogP contribution in [0.3, 0.4) is 0 Å². The smallest absolute Gasteiger partial charge is 0.316 e. The van der Waals surface area contributed by atoms with Crippen molar-refractivity contribution in [1.29, 1.82) is 0 Å². The third-order valence-electron chi connectivity index (χ3n) is 1.28. The van der Waals surface area contributed by atoms with Gasteiger partial charge in [0.1, 0.15) is 0 Å². The monoisotopic (exact) mass is 138 g/mol. The number of hydrogen-bond donors (Lipinski definition) is 0. The lowest BCUT2D eigenvalue weighted by Gasteiger charge is -1.82. The van der Waals surface area contributed by atoms with Gasteiger partial charge < -0.3 is 4.74 Å². The second-order valence-electron chi connectivity index (χ2n) is 2.38. The minimum atomic E-state index is 0.190. The summed E-state index contributed by atoms with van der Waals surface area (Å²) in [4.78, 5) is 0. The fraction of sp³-hybridized carbons (Fsp3) is 0.375. The summed E-state index contributed by atoms with van der Waals surface area (Å²) in [5.74, 6) is 0. The zero-order valence-corrected chi connectivity index (χ0v) is 6.37. The Morgan fingerprint density at radius 3 is 2.90 bits per heavy atom. The summed E-state index contributed by atoms with van der Waals surface area (Å²) in [5, 5.41) is 0. The molecule has 2 heteroatoms. The highest BCUT2D eigenvalue weighted by atomic mass is 16.5. The lowest BCUT2D eigenvalue weighted by molar-refractivity contribution is -0.442. The quantitative estimate of drug-likeness (QED) is 0.421. The van der Waals surface area contributed by atoms with Gasteiger partial charge >= 0.3 is 6.23 Å². The van der Waals surface area contributed by atoms with Crippen LogP contribution in [0.4, 0.5) is 0 Å². The molecule has 1 aliphatic rings. The molecular weight excluding hydrogens is 126 g/mol. The number of ether oxygens (including phenoxy) is 1. The van der Waals surface area contributed by atoms with Crippen molar-refractivity contribution in [2.75, 3.05) is 7.11 Å². The normalized spacial score (nSPS) is 23.0. The Morgan fingerprint density at radius 1 is 1.80 bits per heavy atom. The van der Waals surface area contributed by atoms with Gasteiger partial charge in [-0.25, -0.2) is 0 Å². The fourth-order valence-corrected chi connectivity index (χ4v) is 0.639. The second-order valence-corrected chi connectivity index (χ2v) is 2.38. The predicted octanol–water partition coefficient (Wildman–Crippen LogP) is 1.15. The van der Waals surface area contributed by atoms with E-state index in [2.05, 4.69) is 6.58 Å². The third-order valence-corrected chi connectivity index (χ3v) is 1.28. The highest BCUT2D eigenvalue weighted by Crippen LogP contribution is 2.04. The molecule has 1 unspecified atom stereocenters. The Hall–Kier alpha value is -0.890. The molecule has 0 fully saturated rings. The van der Waals surface area contributed by atoms with E-state index in [-0.39, 0.29) is 6.23 Å². The van der Waals surface area contributed by atoms with Gasteiger partial charge in [0.05, 0.1) is 0 Å². The van der Waals surface area contributed by atoms with E-state index in [0.29, 0.717) is 0 Å². The Bertz CT molecular complexity index is 203. The van der Waals surface area contributed by atoms with Gasteiger partial charge in [-0.15, -0.1) is 0 Å². The van der Waals surface area contributed by atoms with Crippen LogP contribution < -0.4 is 0 Å². The maximum atomic E-state index is 5.00. The third kappa shape index (κ3) is 1.81. The minimum absolute atomic E-state index is 0.190. The van der Waals surface area contributed by atoms with Crippen LogP contribution in [0.1, 0.15) is 6.92 Å². The molecule has 0 aliphatic carbocycles. The van der Waals surface area contributed by atoms with Gasteiger partial charge in [-0.2, -0.15) is 4.58 Å². The Labute approximate surface area is 61.1 Å². The molecular formula is C8H12NO+. The molecule has 0 aromatic carbocycles. The van der Waals surface area contributed by atoms with Crippen molar-refractivity contribution in [1.82, 2.24) is 0 Å². The maximum Gasteiger partial charge on any atom is 0.341 e. The summed E-state index contributed by atoms with van der Waals surface area (Å²) in [6.45, 7) is 5.70. The summed E-state index contributed by atoms with van der Waals surface area (Å²) in [6.07, 6.45) is 6.08. The predicted molar refractivity (Wildman–Crippen MR) is 41.1 cm³/mol. The first-order chi connectivity index (χ1) is 4.74. The van der Waals surface area contributed by atoms with Crippen LogP contribution in [0.15, 0.2) is 24.4 Å². The Morgan fingerprint density at radius 2 is 2.50 bits per heavy atom. The SMILES string of the molecule is C=C(C)C=C[N+]1=CC1OC. The molecule has 0 radical (unpaired) electrons. The van der Waals surface area contributed by atoms with E-state index in [1.54, 1.807) is 7.11 Å². The van der Waals surface area contributed by atoms with Gasteiger partial charge in [0, 0.05) is 13.2 Å². The molecule has 0 bridgehead atoms. The first-order valence-electron chi connectivity index (χ1n) is 3.23. The highest BCUT2D eigenvalue weighted by Gasteiger charge is 2.33. The van der Waals surface area contributed by atoms with Crippen LogP contribution in [0.2, 0.25) is 0 Å². The van der Waals surface area contributed by atoms with Gasteiger partial charge in [-0.1, -0.05) is 12.2 Å². The van der Waals surface area contributed by atoms with Crippen LogP contribution in [0.5, 0.6) is 0 Å². The molecule has 1 atom stereocenters. The van der Waals surface area contributed by atoms with Crippen LogP contribution >= 0.6 is 0 Å². The number of methoxy groups -OCH3 is 1. The highest BCUT2D eigenvalue weighted by molar-refractivity contribution is 5.64. The first kappa shape index (κ1) is 7.22. The molecule has 2 nitrogen and oxygen atoms in total. The van der Waals surface area contributed by atoms with Crippen LogP contribution in [-0.4, -0.2) is 24.1 Å². The van der Waals surface area contributed by atoms with Crippen LogP contribution in [-0.2, 0) is 4.74 Å². The maximum absolute atomic E-state index is 5.00. The molecule has 0 spiro atoms. The molecule has 1 rings (SSSR count). The Kier molecular flexibility index (Phi) is 2.02. The lowest BCUT2D eigenvalue weighted by Crippen LogP contribution is -1.97. The summed E-state index contributed by atoms with van der Waals surface area (Å²) < 4.78 is 6.98.